The van der Waals surface area contributed by atoms with Gasteiger partial charge in [-0.1, -0.05) is 29.8 Å². The average Bonchev–Trinajstić information content (AvgIpc) is 3.01. The maximum absolute atomic E-state index is 4.94. The molecule has 26 heavy (non-hydrogen) atoms. The smallest absolute Gasteiger partial charge is 0.138 e. The lowest BCUT2D eigenvalue weighted by Crippen LogP contribution is -2.05. The molecule has 3 heterocycles. The second-order valence-electron chi connectivity index (χ2n) is 6.46. The molecule has 0 atom stereocenters. The molecule has 5 nitrogen and oxygen atoms in total. The topological polar surface area (TPSA) is 55.1 Å². The predicted octanol–water partition coefficient (Wildman–Crippen LogP) is 3.79. The summed E-state index contributed by atoms with van der Waals surface area (Å²) in [5.74, 6) is 0.749. The van der Waals surface area contributed by atoms with Crippen LogP contribution in [0.5, 0.6) is 0 Å². The van der Waals surface area contributed by atoms with E-state index in [1.807, 2.05) is 20.0 Å². The zero-order valence-corrected chi connectivity index (χ0v) is 15.2. The molecule has 3 aromatic heterocycles. The lowest BCUT2D eigenvalue weighted by atomic mass is 10.1. The Kier molecular flexibility index (Phi) is 4.22. The number of pyridine rings is 1. The molecule has 0 amide bonds. The first-order valence-corrected chi connectivity index (χ1v) is 8.68. The standard InChI is InChI=1S/C21H21N5/c1-14-4-6-17(7-5-14)20-21(18-8-10-23-15(2)24-18)26-11-9-16(13-22-3)12-19(26)25-20/h4-12,22H,13H2,1-3H3. The Hall–Kier alpha value is -3.05. The van der Waals surface area contributed by atoms with Gasteiger partial charge in [-0.15, -0.1) is 0 Å². The summed E-state index contributed by atoms with van der Waals surface area (Å²) >= 11 is 0. The lowest BCUT2D eigenvalue weighted by Gasteiger charge is -2.07. The number of fused-ring (bicyclic) bond motifs is 1. The largest absolute Gasteiger partial charge is 0.316 e. The molecule has 0 fully saturated rings. The van der Waals surface area contributed by atoms with Crippen LogP contribution in [-0.4, -0.2) is 26.4 Å². The normalized spacial score (nSPS) is 11.2. The summed E-state index contributed by atoms with van der Waals surface area (Å²) < 4.78 is 2.11. The number of nitrogens with one attached hydrogen (secondary N) is 1. The van der Waals surface area contributed by atoms with Crippen LogP contribution in [0.15, 0.2) is 54.9 Å². The lowest BCUT2D eigenvalue weighted by molar-refractivity contribution is 0.816. The van der Waals surface area contributed by atoms with Crippen LogP contribution in [-0.2, 0) is 6.54 Å². The Morgan fingerprint density at radius 3 is 2.54 bits per heavy atom. The van der Waals surface area contributed by atoms with Crippen molar-refractivity contribution in [1.82, 2.24) is 24.7 Å². The van der Waals surface area contributed by atoms with Crippen molar-refractivity contribution in [3.05, 3.63) is 71.8 Å². The van der Waals surface area contributed by atoms with Crippen molar-refractivity contribution >= 4 is 5.65 Å². The van der Waals surface area contributed by atoms with Crippen molar-refractivity contribution in [3.63, 3.8) is 0 Å². The van der Waals surface area contributed by atoms with Gasteiger partial charge >= 0.3 is 0 Å². The molecule has 1 N–H and O–H groups in total. The van der Waals surface area contributed by atoms with Crippen molar-refractivity contribution in [2.75, 3.05) is 7.05 Å². The monoisotopic (exact) mass is 343 g/mol. The van der Waals surface area contributed by atoms with Gasteiger partial charge in [-0.05, 0) is 44.7 Å². The third-order valence-electron chi connectivity index (χ3n) is 4.42. The van der Waals surface area contributed by atoms with Gasteiger partial charge in [0.25, 0.3) is 0 Å². The summed E-state index contributed by atoms with van der Waals surface area (Å²) in [7, 11) is 1.95. The van der Waals surface area contributed by atoms with E-state index in [9.17, 15) is 0 Å². The van der Waals surface area contributed by atoms with E-state index in [2.05, 4.69) is 69.2 Å². The molecule has 1 aromatic carbocycles. The molecule has 0 bridgehead atoms. The summed E-state index contributed by atoms with van der Waals surface area (Å²) in [5, 5.41) is 3.19. The first-order chi connectivity index (χ1) is 12.7. The highest BCUT2D eigenvalue weighted by Crippen LogP contribution is 2.32. The molecule has 0 aliphatic heterocycles. The second-order valence-corrected chi connectivity index (χ2v) is 6.46. The highest BCUT2D eigenvalue weighted by atomic mass is 15.0. The maximum Gasteiger partial charge on any atom is 0.138 e. The fraction of sp³-hybridized carbons (Fsp3) is 0.190. The van der Waals surface area contributed by atoms with Gasteiger partial charge < -0.3 is 5.32 Å². The van der Waals surface area contributed by atoms with Crippen LogP contribution in [0.4, 0.5) is 0 Å². The summed E-state index contributed by atoms with van der Waals surface area (Å²) in [5.41, 5.74) is 7.23. The highest BCUT2D eigenvalue weighted by molar-refractivity contribution is 5.80. The second kappa shape index (κ2) is 6.69. The molecule has 0 aliphatic carbocycles. The Labute approximate surface area is 152 Å². The molecule has 4 aromatic rings. The van der Waals surface area contributed by atoms with Crippen molar-refractivity contribution in [2.45, 2.75) is 20.4 Å². The van der Waals surface area contributed by atoms with E-state index in [0.717, 1.165) is 40.7 Å². The molecule has 0 spiro atoms. The quantitative estimate of drug-likeness (QED) is 0.612. The van der Waals surface area contributed by atoms with Gasteiger partial charge in [0.1, 0.15) is 11.5 Å². The summed E-state index contributed by atoms with van der Waals surface area (Å²) in [6.45, 7) is 4.81. The zero-order valence-electron chi connectivity index (χ0n) is 15.2. The van der Waals surface area contributed by atoms with Crippen molar-refractivity contribution in [2.24, 2.45) is 0 Å². The molecule has 5 heteroatoms. The third-order valence-corrected chi connectivity index (χ3v) is 4.42. The van der Waals surface area contributed by atoms with Crippen LogP contribution in [0.2, 0.25) is 0 Å². The van der Waals surface area contributed by atoms with E-state index in [-0.39, 0.29) is 0 Å². The maximum atomic E-state index is 4.94. The van der Waals surface area contributed by atoms with Crippen molar-refractivity contribution in [1.29, 1.82) is 0 Å². The van der Waals surface area contributed by atoms with Gasteiger partial charge in [0.2, 0.25) is 0 Å². The van der Waals surface area contributed by atoms with Crippen LogP contribution in [0.3, 0.4) is 0 Å². The number of hydrogen-bond donors (Lipinski definition) is 1. The van der Waals surface area contributed by atoms with E-state index in [1.54, 1.807) is 6.20 Å². The highest BCUT2D eigenvalue weighted by Gasteiger charge is 2.17. The summed E-state index contributed by atoms with van der Waals surface area (Å²) in [4.78, 5) is 13.8. The number of benzene rings is 1. The van der Waals surface area contributed by atoms with Crippen LogP contribution in [0, 0.1) is 13.8 Å². The zero-order chi connectivity index (χ0) is 18.1. The number of imidazole rings is 1. The molecule has 0 aliphatic rings. The van der Waals surface area contributed by atoms with E-state index < -0.39 is 0 Å². The van der Waals surface area contributed by atoms with Crippen LogP contribution < -0.4 is 5.32 Å². The number of aromatic nitrogens is 4. The fourth-order valence-electron chi connectivity index (χ4n) is 3.15. The predicted molar refractivity (Wildman–Crippen MR) is 104 cm³/mol. The molecular formula is C21H21N5. The summed E-state index contributed by atoms with van der Waals surface area (Å²) in [6.07, 6.45) is 3.87. The summed E-state index contributed by atoms with van der Waals surface area (Å²) in [6, 6.07) is 14.6. The van der Waals surface area contributed by atoms with Gasteiger partial charge in [0, 0.05) is 24.5 Å². The molecular weight excluding hydrogens is 322 g/mol. The van der Waals surface area contributed by atoms with Gasteiger partial charge in [-0.25, -0.2) is 15.0 Å². The number of nitrogens with zero attached hydrogens (tertiary/aromatic N) is 4. The first-order valence-electron chi connectivity index (χ1n) is 8.68. The van der Waals surface area contributed by atoms with E-state index >= 15 is 0 Å². The third kappa shape index (κ3) is 2.97. The molecule has 4 rings (SSSR count). The van der Waals surface area contributed by atoms with Crippen molar-refractivity contribution in [3.8, 4) is 22.6 Å². The molecule has 0 saturated carbocycles. The van der Waals surface area contributed by atoms with Crippen LogP contribution in [0.25, 0.3) is 28.3 Å². The number of rotatable bonds is 4. The number of hydrogen-bond acceptors (Lipinski definition) is 4. The van der Waals surface area contributed by atoms with Gasteiger partial charge in [-0.3, -0.25) is 4.40 Å². The molecule has 0 radical (unpaired) electrons. The average molecular weight is 343 g/mol. The van der Waals surface area contributed by atoms with Gasteiger partial charge in [0.05, 0.1) is 17.1 Å². The Bertz CT molecular complexity index is 1060. The molecule has 0 unspecified atom stereocenters. The van der Waals surface area contributed by atoms with E-state index in [1.165, 1.54) is 11.1 Å². The Balaban J connectivity index is 1.99. The minimum absolute atomic E-state index is 0.749. The fourth-order valence-corrected chi connectivity index (χ4v) is 3.15. The minimum Gasteiger partial charge on any atom is -0.316 e. The SMILES string of the molecule is CNCc1ccn2c(-c3ccnc(C)n3)c(-c3ccc(C)cc3)nc2c1. The Morgan fingerprint density at radius 2 is 1.81 bits per heavy atom. The Morgan fingerprint density at radius 1 is 1.00 bits per heavy atom. The number of aryl methyl sites for hydroxylation is 2. The minimum atomic E-state index is 0.749. The molecule has 130 valence electrons. The molecule has 0 saturated heterocycles. The van der Waals surface area contributed by atoms with E-state index in [4.69, 9.17) is 4.98 Å². The van der Waals surface area contributed by atoms with Crippen molar-refractivity contribution < 1.29 is 0 Å². The van der Waals surface area contributed by atoms with Crippen LogP contribution in [0.1, 0.15) is 17.0 Å². The van der Waals surface area contributed by atoms with E-state index in [0.29, 0.717) is 0 Å². The first kappa shape index (κ1) is 16.4. The van der Waals surface area contributed by atoms with Crippen LogP contribution >= 0.6 is 0 Å². The van der Waals surface area contributed by atoms with Gasteiger partial charge in [-0.2, -0.15) is 0 Å². The van der Waals surface area contributed by atoms with Gasteiger partial charge in [0.15, 0.2) is 0 Å².